The van der Waals surface area contributed by atoms with Gasteiger partial charge in [-0.2, -0.15) is 0 Å². The SMILES string of the molecule is Cc1ccc(Sc2ccc(/C=C3\SC(=O)N(CC(=O)Nc4cccc5ccccc45)C3=O)o2)cc1. The predicted molar refractivity (Wildman–Crippen MR) is 139 cm³/mol. The maximum Gasteiger partial charge on any atom is 0.294 e. The standard InChI is InChI=1S/C27H20N2O4S2/c1-17-9-12-20(13-10-17)34-25-14-11-19(33-25)15-23-26(31)29(27(32)35-23)16-24(30)28-22-8-4-6-18-5-2-3-7-21(18)22/h2-15H,16H2,1H3,(H,28,30)/b23-15-. The quantitative estimate of drug-likeness (QED) is 0.302. The van der Waals surface area contributed by atoms with Gasteiger partial charge in [-0.25, -0.2) is 0 Å². The monoisotopic (exact) mass is 500 g/mol. The van der Waals surface area contributed by atoms with Gasteiger partial charge in [0.25, 0.3) is 11.1 Å². The van der Waals surface area contributed by atoms with Crippen molar-refractivity contribution in [3.63, 3.8) is 0 Å². The Bertz CT molecular complexity index is 1470. The van der Waals surface area contributed by atoms with Gasteiger partial charge in [0.1, 0.15) is 12.3 Å². The van der Waals surface area contributed by atoms with Crippen LogP contribution in [0.25, 0.3) is 16.8 Å². The normalized spacial score (nSPS) is 14.8. The van der Waals surface area contributed by atoms with E-state index >= 15 is 0 Å². The van der Waals surface area contributed by atoms with Crippen LogP contribution in [-0.4, -0.2) is 28.5 Å². The molecular weight excluding hydrogens is 480 g/mol. The maximum absolute atomic E-state index is 12.8. The number of hydrogen-bond acceptors (Lipinski definition) is 6. The van der Waals surface area contributed by atoms with E-state index in [0.717, 1.165) is 32.3 Å². The van der Waals surface area contributed by atoms with Crippen molar-refractivity contribution < 1.29 is 18.8 Å². The average molecular weight is 501 g/mol. The summed E-state index contributed by atoms with van der Waals surface area (Å²) in [7, 11) is 0. The van der Waals surface area contributed by atoms with E-state index in [9.17, 15) is 14.4 Å². The van der Waals surface area contributed by atoms with Crippen molar-refractivity contribution >= 4 is 63.1 Å². The van der Waals surface area contributed by atoms with Crippen LogP contribution in [0.5, 0.6) is 0 Å². The fourth-order valence-corrected chi connectivity index (χ4v) is 5.22. The van der Waals surface area contributed by atoms with Crippen LogP contribution in [0, 0.1) is 6.92 Å². The molecule has 0 spiro atoms. The number of benzene rings is 3. The number of rotatable bonds is 6. The molecule has 0 unspecified atom stereocenters. The number of furan rings is 1. The first-order valence-electron chi connectivity index (χ1n) is 10.8. The van der Waals surface area contributed by atoms with E-state index in [1.165, 1.54) is 23.4 Å². The molecule has 3 amide bonds. The molecule has 0 saturated carbocycles. The summed E-state index contributed by atoms with van der Waals surface area (Å²) in [5, 5.41) is 4.86. The van der Waals surface area contributed by atoms with Crippen LogP contribution < -0.4 is 5.32 Å². The summed E-state index contributed by atoms with van der Waals surface area (Å²) >= 11 is 2.26. The number of carbonyl (C=O) groups is 3. The largest absolute Gasteiger partial charge is 0.450 e. The van der Waals surface area contributed by atoms with Crippen molar-refractivity contribution in [3.05, 3.63) is 95.1 Å². The Hall–Kier alpha value is -3.75. The summed E-state index contributed by atoms with van der Waals surface area (Å²) in [5.41, 5.74) is 1.81. The second kappa shape index (κ2) is 9.85. The predicted octanol–water partition coefficient (Wildman–Crippen LogP) is 6.57. The van der Waals surface area contributed by atoms with Gasteiger partial charge in [-0.3, -0.25) is 19.3 Å². The minimum Gasteiger partial charge on any atom is -0.450 e. The molecule has 1 fully saturated rings. The van der Waals surface area contributed by atoms with Gasteiger partial charge in [0.05, 0.1) is 4.91 Å². The molecule has 0 atom stereocenters. The maximum atomic E-state index is 12.8. The zero-order chi connectivity index (χ0) is 24.4. The van der Waals surface area contributed by atoms with Crippen molar-refractivity contribution in [1.82, 2.24) is 4.90 Å². The molecule has 1 aromatic heterocycles. The Morgan fingerprint density at radius 1 is 1.00 bits per heavy atom. The molecular formula is C27H20N2O4S2. The van der Waals surface area contributed by atoms with Gasteiger partial charge in [0.2, 0.25) is 5.91 Å². The number of thioether (sulfide) groups is 1. The van der Waals surface area contributed by atoms with Gasteiger partial charge in [0, 0.05) is 22.0 Å². The Kier molecular flexibility index (Phi) is 6.48. The lowest BCUT2D eigenvalue weighted by molar-refractivity contribution is -0.127. The second-order valence-corrected chi connectivity index (χ2v) is 9.99. The molecule has 1 N–H and O–H groups in total. The third kappa shape index (κ3) is 5.18. The number of hydrogen-bond donors (Lipinski definition) is 1. The van der Waals surface area contributed by atoms with E-state index in [-0.39, 0.29) is 11.4 Å². The van der Waals surface area contributed by atoms with Crippen LogP contribution in [0.4, 0.5) is 10.5 Å². The van der Waals surface area contributed by atoms with E-state index in [1.807, 2.05) is 73.7 Å². The lowest BCUT2D eigenvalue weighted by atomic mass is 10.1. The highest BCUT2D eigenvalue weighted by molar-refractivity contribution is 8.18. The summed E-state index contributed by atoms with van der Waals surface area (Å²) in [6.07, 6.45) is 1.53. The number of anilines is 1. The zero-order valence-electron chi connectivity index (χ0n) is 18.7. The van der Waals surface area contributed by atoms with Gasteiger partial charge in [-0.05, 0) is 54.4 Å². The first kappa shape index (κ1) is 23.0. The molecule has 174 valence electrons. The van der Waals surface area contributed by atoms with Gasteiger partial charge in [0.15, 0.2) is 5.09 Å². The van der Waals surface area contributed by atoms with Crippen LogP contribution in [0.3, 0.4) is 0 Å². The lowest BCUT2D eigenvalue weighted by Crippen LogP contribution is -2.36. The first-order chi connectivity index (χ1) is 17.0. The highest BCUT2D eigenvalue weighted by atomic mass is 32.2. The molecule has 0 radical (unpaired) electrons. The minimum atomic E-state index is -0.516. The van der Waals surface area contributed by atoms with Crippen molar-refractivity contribution in [2.24, 2.45) is 0 Å². The molecule has 1 aliphatic heterocycles. The third-order valence-electron chi connectivity index (χ3n) is 5.35. The van der Waals surface area contributed by atoms with E-state index in [0.29, 0.717) is 16.5 Å². The topological polar surface area (TPSA) is 79.6 Å². The Morgan fingerprint density at radius 2 is 1.77 bits per heavy atom. The molecule has 8 heteroatoms. The van der Waals surface area contributed by atoms with Crippen molar-refractivity contribution in [3.8, 4) is 0 Å². The Morgan fingerprint density at radius 3 is 2.60 bits per heavy atom. The highest BCUT2D eigenvalue weighted by Gasteiger charge is 2.36. The van der Waals surface area contributed by atoms with Crippen LogP contribution in [0.1, 0.15) is 11.3 Å². The molecule has 0 bridgehead atoms. The molecule has 5 rings (SSSR count). The fraction of sp³-hybridized carbons (Fsp3) is 0.0741. The average Bonchev–Trinajstić information content (AvgIpc) is 3.40. The summed E-state index contributed by atoms with van der Waals surface area (Å²) in [6.45, 7) is 1.66. The molecule has 3 aromatic carbocycles. The number of nitrogens with one attached hydrogen (secondary N) is 1. The van der Waals surface area contributed by atoms with Crippen molar-refractivity contribution in [2.75, 3.05) is 11.9 Å². The third-order valence-corrected chi connectivity index (χ3v) is 7.19. The highest BCUT2D eigenvalue weighted by Crippen LogP contribution is 2.34. The molecule has 1 saturated heterocycles. The van der Waals surface area contributed by atoms with E-state index < -0.39 is 17.1 Å². The summed E-state index contributed by atoms with van der Waals surface area (Å²) < 4.78 is 5.81. The van der Waals surface area contributed by atoms with Gasteiger partial charge < -0.3 is 9.73 Å². The minimum absolute atomic E-state index is 0.217. The number of amides is 3. The van der Waals surface area contributed by atoms with Crippen molar-refractivity contribution in [1.29, 1.82) is 0 Å². The Labute approximate surface area is 210 Å². The molecule has 4 aromatic rings. The fourth-order valence-electron chi connectivity index (χ4n) is 3.62. The molecule has 35 heavy (non-hydrogen) atoms. The van der Waals surface area contributed by atoms with E-state index in [2.05, 4.69) is 5.32 Å². The molecule has 6 nitrogen and oxygen atoms in total. The van der Waals surface area contributed by atoms with Gasteiger partial charge in [-0.15, -0.1) is 0 Å². The van der Waals surface area contributed by atoms with E-state index in [1.54, 1.807) is 12.1 Å². The summed E-state index contributed by atoms with van der Waals surface area (Å²) in [5.74, 6) is -0.498. The van der Waals surface area contributed by atoms with Crippen molar-refractivity contribution in [2.45, 2.75) is 16.9 Å². The summed E-state index contributed by atoms with van der Waals surface area (Å²) in [4.78, 5) is 40.2. The zero-order valence-corrected chi connectivity index (χ0v) is 20.3. The second-order valence-electron chi connectivity index (χ2n) is 7.91. The molecule has 2 heterocycles. The van der Waals surface area contributed by atoms with Gasteiger partial charge in [-0.1, -0.05) is 65.9 Å². The lowest BCUT2D eigenvalue weighted by Gasteiger charge is -2.13. The number of carbonyl (C=O) groups excluding carboxylic acids is 3. The van der Waals surface area contributed by atoms with Gasteiger partial charge >= 0.3 is 0 Å². The number of aryl methyl sites for hydroxylation is 1. The van der Waals surface area contributed by atoms with Crippen LogP contribution >= 0.6 is 23.5 Å². The van der Waals surface area contributed by atoms with Crippen LogP contribution in [0.15, 0.2) is 98.2 Å². The van der Waals surface area contributed by atoms with E-state index in [4.69, 9.17) is 4.42 Å². The molecule has 0 aliphatic carbocycles. The molecule has 1 aliphatic rings. The first-order valence-corrected chi connectivity index (χ1v) is 12.5. The Balaban J connectivity index is 1.25. The number of imide groups is 1. The smallest absolute Gasteiger partial charge is 0.294 e. The number of nitrogens with zero attached hydrogens (tertiary/aromatic N) is 1. The number of fused-ring (bicyclic) bond motifs is 1. The van der Waals surface area contributed by atoms with Crippen LogP contribution in [-0.2, 0) is 9.59 Å². The van der Waals surface area contributed by atoms with Crippen LogP contribution in [0.2, 0.25) is 0 Å². The summed E-state index contributed by atoms with van der Waals surface area (Å²) in [6, 6.07) is 24.9.